The van der Waals surface area contributed by atoms with Gasteiger partial charge in [-0.1, -0.05) is 23.9 Å². The third-order valence-electron chi connectivity index (χ3n) is 5.16. The van der Waals surface area contributed by atoms with Crippen molar-refractivity contribution >= 4 is 23.4 Å². The number of thioether (sulfide) groups is 1. The number of ether oxygens (including phenoxy) is 4. The van der Waals surface area contributed by atoms with E-state index >= 15 is 0 Å². The molecule has 34 heavy (non-hydrogen) atoms. The zero-order chi connectivity index (χ0) is 24.7. The summed E-state index contributed by atoms with van der Waals surface area (Å²) in [7, 11) is 6.31. The van der Waals surface area contributed by atoms with Gasteiger partial charge in [0, 0.05) is 18.4 Å². The van der Waals surface area contributed by atoms with E-state index < -0.39 is 0 Å². The molecule has 0 radical (unpaired) electrons. The second-order valence-electron chi connectivity index (χ2n) is 7.52. The smallest absolute Gasteiger partial charge is 0.234 e. The van der Waals surface area contributed by atoms with Crippen molar-refractivity contribution in [2.75, 3.05) is 46.1 Å². The first-order chi connectivity index (χ1) is 16.4. The molecule has 0 spiro atoms. The number of amides is 1. The molecular weight excluding hydrogens is 456 g/mol. The Hall–Kier alpha value is -3.24. The number of rotatable bonds is 11. The van der Waals surface area contributed by atoms with Crippen LogP contribution in [0.25, 0.3) is 11.4 Å². The molecule has 182 valence electrons. The zero-order valence-corrected chi connectivity index (χ0v) is 21.1. The minimum absolute atomic E-state index is 0.116. The highest BCUT2D eigenvalue weighted by molar-refractivity contribution is 7.99. The molecule has 10 heteroatoms. The fraction of sp³-hybridized carbons (Fsp3) is 0.375. The SMILES string of the molecule is COCCn1c(SCC(=O)Nc2cc(C)ccc2C)nnc1-c1cc(OC)c(OC)c(OC)c1. The standard InChI is InChI=1S/C24H30N4O5S/c1-15-7-8-16(2)18(11-15)25-21(29)14-34-24-27-26-23(28(24)9-10-30-3)17-12-19(31-4)22(33-6)20(13-17)32-5/h7-8,11-13H,9-10,14H2,1-6H3,(H,25,29). The van der Waals surface area contributed by atoms with Crippen molar-refractivity contribution in [3.05, 3.63) is 41.5 Å². The number of nitrogens with one attached hydrogen (secondary N) is 1. The molecule has 0 atom stereocenters. The molecule has 0 unspecified atom stereocenters. The molecule has 0 saturated carbocycles. The van der Waals surface area contributed by atoms with Gasteiger partial charge in [0.1, 0.15) is 0 Å². The van der Waals surface area contributed by atoms with E-state index in [0.717, 1.165) is 22.4 Å². The number of methoxy groups -OCH3 is 4. The predicted molar refractivity (Wildman–Crippen MR) is 132 cm³/mol. The van der Waals surface area contributed by atoms with Gasteiger partial charge in [0.25, 0.3) is 0 Å². The van der Waals surface area contributed by atoms with E-state index in [1.807, 2.05) is 48.7 Å². The summed E-state index contributed by atoms with van der Waals surface area (Å²) in [4.78, 5) is 12.6. The van der Waals surface area contributed by atoms with Crippen molar-refractivity contribution in [1.82, 2.24) is 14.8 Å². The molecule has 1 aromatic heterocycles. The Morgan fingerprint density at radius 1 is 1.00 bits per heavy atom. The molecule has 0 aliphatic carbocycles. The van der Waals surface area contributed by atoms with E-state index in [1.165, 1.54) is 11.8 Å². The van der Waals surface area contributed by atoms with Gasteiger partial charge >= 0.3 is 0 Å². The van der Waals surface area contributed by atoms with Crippen LogP contribution < -0.4 is 19.5 Å². The van der Waals surface area contributed by atoms with Crippen LogP contribution in [-0.4, -0.2) is 61.5 Å². The molecule has 0 fully saturated rings. The van der Waals surface area contributed by atoms with E-state index in [-0.39, 0.29) is 11.7 Å². The third kappa shape index (κ3) is 5.81. The molecule has 0 bridgehead atoms. The normalized spacial score (nSPS) is 10.8. The second kappa shape index (κ2) is 11.8. The highest BCUT2D eigenvalue weighted by atomic mass is 32.2. The number of benzene rings is 2. The minimum atomic E-state index is -0.116. The van der Waals surface area contributed by atoms with Crippen molar-refractivity contribution in [3.63, 3.8) is 0 Å². The Balaban J connectivity index is 1.86. The number of carbonyl (C=O) groups excluding carboxylic acids is 1. The first-order valence-electron chi connectivity index (χ1n) is 10.6. The van der Waals surface area contributed by atoms with Gasteiger partial charge in [0.2, 0.25) is 11.7 Å². The van der Waals surface area contributed by atoms with Crippen molar-refractivity contribution < 1.29 is 23.7 Å². The lowest BCUT2D eigenvalue weighted by Gasteiger charge is -2.15. The summed E-state index contributed by atoms with van der Waals surface area (Å²) < 4.78 is 23.6. The summed E-state index contributed by atoms with van der Waals surface area (Å²) in [5.41, 5.74) is 3.65. The number of aryl methyl sites for hydroxylation is 2. The summed E-state index contributed by atoms with van der Waals surface area (Å²) in [6, 6.07) is 9.60. The Bertz CT molecular complexity index is 1120. The summed E-state index contributed by atoms with van der Waals surface area (Å²) >= 11 is 1.31. The number of anilines is 1. The second-order valence-corrected chi connectivity index (χ2v) is 8.46. The van der Waals surface area contributed by atoms with Gasteiger partial charge in [0.15, 0.2) is 22.5 Å². The molecule has 1 amide bonds. The fourth-order valence-corrected chi connectivity index (χ4v) is 4.15. The van der Waals surface area contributed by atoms with Gasteiger partial charge in [-0.05, 0) is 43.2 Å². The molecule has 0 saturated heterocycles. The largest absolute Gasteiger partial charge is 0.493 e. The molecule has 1 heterocycles. The van der Waals surface area contributed by atoms with Crippen LogP contribution in [0.4, 0.5) is 5.69 Å². The molecule has 3 aromatic rings. The van der Waals surface area contributed by atoms with E-state index in [1.54, 1.807) is 28.4 Å². The molecular formula is C24H30N4O5S. The predicted octanol–water partition coefficient (Wildman–Crippen LogP) is 3.96. The molecule has 3 rings (SSSR count). The Kier molecular flexibility index (Phi) is 8.78. The fourth-order valence-electron chi connectivity index (χ4n) is 3.39. The van der Waals surface area contributed by atoms with Gasteiger partial charge in [-0.3, -0.25) is 9.36 Å². The van der Waals surface area contributed by atoms with Gasteiger partial charge in [0.05, 0.1) is 40.2 Å². The number of carbonyl (C=O) groups is 1. The van der Waals surface area contributed by atoms with Crippen molar-refractivity contribution in [2.24, 2.45) is 0 Å². The average molecular weight is 487 g/mol. The monoisotopic (exact) mass is 486 g/mol. The van der Waals surface area contributed by atoms with Gasteiger partial charge in [-0.15, -0.1) is 10.2 Å². The van der Waals surface area contributed by atoms with Crippen LogP contribution >= 0.6 is 11.8 Å². The summed E-state index contributed by atoms with van der Waals surface area (Å²) in [5, 5.41) is 12.3. The highest BCUT2D eigenvalue weighted by Gasteiger charge is 2.20. The van der Waals surface area contributed by atoms with Crippen LogP contribution in [0, 0.1) is 13.8 Å². The summed E-state index contributed by atoms with van der Waals surface area (Å²) in [6.45, 7) is 4.92. The molecule has 2 aromatic carbocycles. The van der Waals surface area contributed by atoms with Crippen LogP contribution in [0.5, 0.6) is 17.2 Å². The highest BCUT2D eigenvalue weighted by Crippen LogP contribution is 2.41. The van der Waals surface area contributed by atoms with Crippen LogP contribution in [0.3, 0.4) is 0 Å². The van der Waals surface area contributed by atoms with E-state index in [2.05, 4.69) is 15.5 Å². The van der Waals surface area contributed by atoms with Crippen LogP contribution in [0.2, 0.25) is 0 Å². The Morgan fingerprint density at radius 2 is 1.71 bits per heavy atom. The van der Waals surface area contributed by atoms with E-state index in [9.17, 15) is 4.79 Å². The molecule has 0 aliphatic rings. The van der Waals surface area contributed by atoms with Crippen molar-refractivity contribution in [1.29, 1.82) is 0 Å². The lowest BCUT2D eigenvalue weighted by atomic mass is 10.1. The number of aromatic nitrogens is 3. The maximum absolute atomic E-state index is 12.6. The zero-order valence-electron chi connectivity index (χ0n) is 20.3. The van der Waals surface area contributed by atoms with Gasteiger partial charge < -0.3 is 24.3 Å². The summed E-state index contributed by atoms with van der Waals surface area (Å²) in [5.74, 6) is 2.20. The van der Waals surface area contributed by atoms with Crippen molar-refractivity contribution in [3.8, 4) is 28.6 Å². The van der Waals surface area contributed by atoms with Gasteiger partial charge in [-0.2, -0.15) is 0 Å². The lowest BCUT2D eigenvalue weighted by Crippen LogP contribution is -2.16. The Labute approximate surface area is 203 Å². The minimum Gasteiger partial charge on any atom is -0.493 e. The van der Waals surface area contributed by atoms with Gasteiger partial charge in [-0.25, -0.2) is 0 Å². The molecule has 0 aliphatic heterocycles. The molecule has 9 nitrogen and oxygen atoms in total. The first kappa shape index (κ1) is 25.4. The number of hydrogen-bond acceptors (Lipinski definition) is 8. The van der Waals surface area contributed by atoms with Crippen LogP contribution in [0.1, 0.15) is 11.1 Å². The first-order valence-corrected chi connectivity index (χ1v) is 11.6. The van der Waals surface area contributed by atoms with Crippen LogP contribution in [-0.2, 0) is 16.1 Å². The average Bonchev–Trinajstić information content (AvgIpc) is 3.25. The number of nitrogens with zero attached hydrogens (tertiary/aromatic N) is 3. The quantitative estimate of drug-likeness (QED) is 0.407. The van der Waals surface area contributed by atoms with Crippen LogP contribution in [0.15, 0.2) is 35.5 Å². The topological polar surface area (TPSA) is 96.7 Å². The van der Waals surface area contributed by atoms with E-state index in [4.69, 9.17) is 18.9 Å². The molecule has 1 N–H and O–H groups in total. The van der Waals surface area contributed by atoms with Crippen molar-refractivity contribution in [2.45, 2.75) is 25.5 Å². The maximum Gasteiger partial charge on any atom is 0.234 e. The maximum atomic E-state index is 12.6. The lowest BCUT2D eigenvalue weighted by molar-refractivity contribution is -0.113. The summed E-state index contributed by atoms with van der Waals surface area (Å²) in [6.07, 6.45) is 0. The Morgan fingerprint density at radius 3 is 2.32 bits per heavy atom. The third-order valence-corrected chi connectivity index (χ3v) is 6.13. The van der Waals surface area contributed by atoms with E-state index in [0.29, 0.717) is 41.4 Å². The number of hydrogen-bond donors (Lipinski definition) is 1.